The van der Waals surface area contributed by atoms with Crippen molar-refractivity contribution in [3.05, 3.63) is 116 Å². The molecule has 0 saturated heterocycles. The molecule has 0 aliphatic carbocycles. The summed E-state index contributed by atoms with van der Waals surface area (Å²) in [4.78, 5) is 23.9. The van der Waals surface area contributed by atoms with Crippen LogP contribution >= 0.6 is 0 Å². The monoisotopic (exact) mass is 420 g/mol. The van der Waals surface area contributed by atoms with Gasteiger partial charge in [0.1, 0.15) is 11.4 Å². The number of nitrogens with zero attached hydrogens (tertiary/aromatic N) is 2. The highest BCUT2D eigenvalue weighted by Gasteiger charge is 2.07. The quantitative estimate of drug-likeness (QED) is 0.405. The first-order chi connectivity index (χ1) is 15.7. The number of hydrogen-bond donors (Lipinski definition) is 0. The van der Waals surface area contributed by atoms with Crippen molar-refractivity contribution in [1.82, 2.24) is 10.3 Å². The smallest absolute Gasteiger partial charge is 0.224 e. The fraction of sp³-hybridized carbons (Fsp3) is 0. The molecule has 0 radical (unpaired) electrons. The molecule has 2 heterocycles. The summed E-state index contributed by atoms with van der Waals surface area (Å²) in [7, 11) is 0. The van der Waals surface area contributed by atoms with E-state index in [1.165, 1.54) is 12.1 Å². The zero-order chi connectivity index (χ0) is 21.9. The molecule has 0 amide bonds. The van der Waals surface area contributed by atoms with Crippen LogP contribution in [0, 0.1) is 0 Å². The molecule has 0 atom stereocenters. The Hall–Kier alpha value is -4.58. The topological polar surface area (TPSA) is 86.2 Å². The highest BCUT2D eigenvalue weighted by molar-refractivity contribution is 5.88. The summed E-state index contributed by atoms with van der Waals surface area (Å²) in [5.41, 5.74) is 3.22. The number of rotatable bonds is 4. The van der Waals surface area contributed by atoms with Gasteiger partial charge in [-0.2, -0.15) is 0 Å². The first kappa shape index (κ1) is 19.4. The SMILES string of the molecule is O=c1ccccc2c(/C=C/c3ccc(/C=C/c4noc5c(=O)ccccc45)cc3)noc12. The zero-order valence-corrected chi connectivity index (χ0v) is 16.8. The van der Waals surface area contributed by atoms with Crippen LogP contribution in [0.4, 0.5) is 0 Å². The molecule has 0 fully saturated rings. The van der Waals surface area contributed by atoms with Crippen molar-refractivity contribution in [2.45, 2.75) is 0 Å². The summed E-state index contributed by atoms with van der Waals surface area (Å²) in [5, 5.41) is 9.34. The molecule has 154 valence electrons. The second kappa shape index (κ2) is 8.28. The molecule has 32 heavy (non-hydrogen) atoms. The van der Waals surface area contributed by atoms with E-state index in [1.807, 2.05) is 60.7 Å². The molecule has 6 heteroatoms. The van der Waals surface area contributed by atoms with Gasteiger partial charge in [0.25, 0.3) is 0 Å². The lowest BCUT2D eigenvalue weighted by atomic mass is 10.1. The molecule has 0 aliphatic heterocycles. The molecule has 5 rings (SSSR count). The van der Waals surface area contributed by atoms with Crippen LogP contribution in [-0.4, -0.2) is 10.3 Å². The number of aromatic nitrogens is 2. The van der Waals surface area contributed by atoms with Crippen molar-refractivity contribution in [3.63, 3.8) is 0 Å². The lowest BCUT2D eigenvalue weighted by Gasteiger charge is -1.95. The van der Waals surface area contributed by atoms with Gasteiger partial charge in [0.05, 0.1) is 10.8 Å². The number of fused-ring (bicyclic) bond motifs is 2. The van der Waals surface area contributed by atoms with Gasteiger partial charge in [0.15, 0.2) is 0 Å². The molecule has 3 aromatic carbocycles. The summed E-state index contributed by atoms with van der Waals surface area (Å²) < 4.78 is 10.4. The van der Waals surface area contributed by atoms with Crippen molar-refractivity contribution in [2.75, 3.05) is 0 Å². The van der Waals surface area contributed by atoms with Crippen LogP contribution in [0.1, 0.15) is 22.5 Å². The zero-order valence-electron chi connectivity index (χ0n) is 16.8. The first-order valence-electron chi connectivity index (χ1n) is 9.93. The van der Waals surface area contributed by atoms with Gasteiger partial charge in [-0.3, -0.25) is 9.59 Å². The van der Waals surface area contributed by atoms with Crippen LogP contribution in [0.5, 0.6) is 0 Å². The fourth-order valence-electron chi connectivity index (χ4n) is 3.35. The molecule has 0 saturated carbocycles. The maximum absolute atomic E-state index is 12.0. The summed E-state index contributed by atoms with van der Waals surface area (Å²) in [6, 6.07) is 21.3. The van der Waals surface area contributed by atoms with Crippen molar-refractivity contribution in [1.29, 1.82) is 0 Å². The molecule has 0 spiro atoms. The number of hydrogen-bond acceptors (Lipinski definition) is 6. The number of benzene rings is 1. The van der Waals surface area contributed by atoms with Crippen molar-refractivity contribution < 1.29 is 9.05 Å². The maximum Gasteiger partial charge on any atom is 0.224 e. The van der Waals surface area contributed by atoms with Gasteiger partial charge in [-0.1, -0.05) is 71.0 Å². The van der Waals surface area contributed by atoms with Gasteiger partial charge in [0, 0.05) is 0 Å². The van der Waals surface area contributed by atoms with Crippen LogP contribution in [0.15, 0.2) is 91.4 Å². The first-order valence-corrected chi connectivity index (χ1v) is 9.93. The lowest BCUT2D eigenvalue weighted by molar-refractivity contribution is 0.453. The maximum atomic E-state index is 12.0. The molecule has 2 aromatic heterocycles. The predicted octanol–water partition coefficient (Wildman–Crippen LogP) is 5.03. The summed E-state index contributed by atoms with van der Waals surface area (Å²) in [5.74, 6) is 0. The molecule has 6 nitrogen and oxygen atoms in total. The van der Waals surface area contributed by atoms with E-state index in [0.717, 1.165) is 11.1 Å². The van der Waals surface area contributed by atoms with Crippen LogP contribution in [-0.2, 0) is 0 Å². The van der Waals surface area contributed by atoms with E-state index in [-0.39, 0.29) is 22.0 Å². The van der Waals surface area contributed by atoms with Crippen LogP contribution < -0.4 is 10.9 Å². The second-order valence-electron chi connectivity index (χ2n) is 7.12. The van der Waals surface area contributed by atoms with Gasteiger partial charge in [-0.15, -0.1) is 0 Å². The summed E-state index contributed by atoms with van der Waals surface area (Å²) in [6.45, 7) is 0. The van der Waals surface area contributed by atoms with Gasteiger partial charge >= 0.3 is 0 Å². The third kappa shape index (κ3) is 3.77. The summed E-state index contributed by atoms with van der Waals surface area (Å²) >= 11 is 0. The Morgan fingerprint density at radius 1 is 0.531 bits per heavy atom. The van der Waals surface area contributed by atoms with E-state index in [1.54, 1.807) is 24.3 Å². The van der Waals surface area contributed by atoms with Gasteiger partial charge in [-0.25, -0.2) is 0 Å². The molecule has 0 unspecified atom stereocenters. The van der Waals surface area contributed by atoms with Crippen LogP contribution in [0.2, 0.25) is 0 Å². The van der Waals surface area contributed by atoms with Crippen molar-refractivity contribution in [3.8, 4) is 0 Å². The Morgan fingerprint density at radius 3 is 1.38 bits per heavy atom. The molecular weight excluding hydrogens is 404 g/mol. The molecular formula is C26H16N2O4. The van der Waals surface area contributed by atoms with Gasteiger partial charge in [0.2, 0.25) is 22.0 Å². The largest absolute Gasteiger partial charge is 0.351 e. The predicted molar refractivity (Wildman–Crippen MR) is 125 cm³/mol. The normalized spacial score (nSPS) is 11.8. The second-order valence-corrected chi connectivity index (χ2v) is 7.12. The Balaban J connectivity index is 1.38. The Labute approximate surface area is 181 Å². The standard InChI is InChI=1S/C26H16N2O4/c29-23-7-3-1-5-19-21(27-31-25(19)23)15-13-17-9-11-18(12-10-17)14-16-22-20-6-2-4-8-24(30)26(20)32-28-22/h1-16H/b15-13+,16-14+. The van der Waals surface area contributed by atoms with Gasteiger partial charge in [-0.05, 0) is 47.5 Å². The van der Waals surface area contributed by atoms with E-state index in [2.05, 4.69) is 10.3 Å². The third-order valence-electron chi connectivity index (χ3n) is 5.01. The van der Waals surface area contributed by atoms with Crippen molar-refractivity contribution in [2.24, 2.45) is 0 Å². The molecule has 0 bridgehead atoms. The average molecular weight is 420 g/mol. The highest BCUT2D eigenvalue weighted by atomic mass is 16.5. The van der Waals surface area contributed by atoms with Crippen molar-refractivity contribution >= 4 is 46.2 Å². The highest BCUT2D eigenvalue weighted by Crippen LogP contribution is 2.19. The third-order valence-corrected chi connectivity index (χ3v) is 5.01. The Kier molecular flexibility index (Phi) is 5.01. The molecule has 5 aromatic rings. The van der Waals surface area contributed by atoms with Gasteiger partial charge < -0.3 is 9.05 Å². The average Bonchev–Trinajstić information content (AvgIpc) is 3.29. The minimum atomic E-state index is -0.201. The summed E-state index contributed by atoms with van der Waals surface area (Å²) in [6.07, 6.45) is 7.45. The fourth-order valence-corrected chi connectivity index (χ4v) is 3.35. The Bertz CT molecular complexity index is 1490. The van der Waals surface area contributed by atoms with Crippen LogP contribution in [0.25, 0.3) is 46.2 Å². The van der Waals surface area contributed by atoms with E-state index < -0.39 is 0 Å². The lowest BCUT2D eigenvalue weighted by Crippen LogP contribution is -1.91. The molecule has 0 aliphatic rings. The molecule has 0 N–H and O–H groups in total. The van der Waals surface area contributed by atoms with E-state index in [4.69, 9.17) is 9.05 Å². The Morgan fingerprint density at radius 2 is 0.938 bits per heavy atom. The minimum absolute atomic E-state index is 0.201. The van der Waals surface area contributed by atoms with E-state index in [9.17, 15) is 9.59 Å². The van der Waals surface area contributed by atoms with E-state index >= 15 is 0 Å². The van der Waals surface area contributed by atoms with E-state index in [0.29, 0.717) is 22.2 Å². The minimum Gasteiger partial charge on any atom is -0.351 e. The van der Waals surface area contributed by atoms with Crippen LogP contribution in [0.3, 0.4) is 0 Å².